The second-order valence-electron chi connectivity index (χ2n) is 4.36. The zero-order valence-corrected chi connectivity index (χ0v) is 12.6. The zero-order chi connectivity index (χ0) is 15.9. The van der Waals surface area contributed by atoms with Gasteiger partial charge in [0.2, 0.25) is 0 Å². The Morgan fingerprint density at radius 1 is 1.18 bits per heavy atom. The number of allylic oxidation sites excluding steroid dienone is 1. The van der Waals surface area contributed by atoms with Crippen LogP contribution in [-0.4, -0.2) is 19.0 Å². The van der Waals surface area contributed by atoms with Crippen molar-refractivity contribution in [3.05, 3.63) is 65.5 Å². The van der Waals surface area contributed by atoms with E-state index in [4.69, 9.17) is 21.1 Å². The van der Waals surface area contributed by atoms with E-state index < -0.39 is 11.8 Å². The molecule has 0 spiro atoms. The predicted molar refractivity (Wildman–Crippen MR) is 84.1 cm³/mol. The maximum absolute atomic E-state index is 12.9. The number of hydrogen-bond acceptors (Lipinski definition) is 3. The van der Waals surface area contributed by atoms with Gasteiger partial charge in [-0.25, -0.2) is 9.18 Å². The second kappa shape index (κ2) is 7.61. The van der Waals surface area contributed by atoms with E-state index in [2.05, 4.69) is 0 Å². The van der Waals surface area contributed by atoms with Gasteiger partial charge in [-0.1, -0.05) is 18.2 Å². The van der Waals surface area contributed by atoms with E-state index in [1.165, 1.54) is 31.4 Å². The molecular weight excluding hydrogens is 307 g/mol. The van der Waals surface area contributed by atoms with Crippen LogP contribution < -0.4 is 9.47 Å². The monoisotopic (exact) mass is 320 g/mol. The molecule has 0 saturated carbocycles. The predicted octanol–water partition coefficient (Wildman–Crippen LogP) is 4.31. The highest BCUT2D eigenvalue weighted by molar-refractivity contribution is 6.19. The van der Waals surface area contributed by atoms with Crippen LogP contribution in [0.25, 0.3) is 6.08 Å². The Morgan fingerprint density at radius 2 is 1.91 bits per heavy atom. The molecular formula is C17H14ClFO3. The normalized spacial score (nSPS) is 10.7. The van der Waals surface area contributed by atoms with E-state index >= 15 is 0 Å². The molecule has 22 heavy (non-hydrogen) atoms. The fourth-order valence-corrected chi connectivity index (χ4v) is 1.89. The molecule has 2 aromatic carbocycles. The number of esters is 1. The van der Waals surface area contributed by atoms with Gasteiger partial charge in [0.1, 0.15) is 5.82 Å². The molecule has 114 valence electrons. The molecule has 0 aliphatic carbocycles. The Morgan fingerprint density at radius 3 is 2.55 bits per heavy atom. The summed E-state index contributed by atoms with van der Waals surface area (Å²) in [5, 5.41) is 0. The standard InChI is InChI=1S/C17H14ClFO3/c1-21-16-11-12(3-2-10-18)4-9-15(16)22-17(20)13-5-7-14(19)8-6-13/h2-9,11H,10H2,1H3. The number of benzene rings is 2. The number of hydrogen-bond donors (Lipinski definition) is 0. The summed E-state index contributed by atoms with van der Waals surface area (Å²) >= 11 is 5.59. The molecule has 0 radical (unpaired) electrons. The lowest BCUT2D eigenvalue weighted by Crippen LogP contribution is -2.09. The first-order chi connectivity index (χ1) is 10.6. The van der Waals surface area contributed by atoms with Crippen LogP contribution >= 0.6 is 11.6 Å². The van der Waals surface area contributed by atoms with Crippen molar-refractivity contribution >= 4 is 23.6 Å². The molecule has 0 saturated heterocycles. The quantitative estimate of drug-likeness (QED) is 0.468. The minimum absolute atomic E-state index is 0.259. The van der Waals surface area contributed by atoms with Crippen molar-refractivity contribution in [3.63, 3.8) is 0 Å². The third kappa shape index (κ3) is 4.09. The van der Waals surface area contributed by atoms with Gasteiger partial charge in [0.05, 0.1) is 12.7 Å². The highest BCUT2D eigenvalue weighted by atomic mass is 35.5. The number of ether oxygens (including phenoxy) is 2. The molecule has 3 nitrogen and oxygen atoms in total. The van der Waals surface area contributed by atoms with Crippen LogP contribution in [0.3, 0.4) is 0 Å². The summed E-state index contributed by atoms with van der Waals surface area (Å²) in [5.74, 6) is 0.128. The summed E-state index contributed by atoms with van der Waals surface area (Å²) in [5.41, 5.74) is 1.13. The van der Waals surface area contributed by atoms with Crippen LogP contribution in [0.15, 0.2) is 48.5 Å². The third-order valence-corrected chi connectivity index (χ3v) is 3.05. The molecule has 0 aliphatic heterocycles. The summed E-state index contributed by atoms with van der Waals surface area (Å²) in [6.45, 7) is 0. The molecule has 2 rings (SSSR count). The van der Waals surface area contributed by atoms with Gasteiger partial charge < -0.3 is 9.47 Å². The van der Waals surface area contributed by atoms with Gasteiger partial charge in [-0.15, -0.1) is 11.6 Å². The number of rotatable bonds is 5. The van der Waals surface area contributed by atoms with E-state index in [0.29, 0.717) is 17.4 Å². The second-order valence-corrected chi connectivity index (χ2v) is 4.67. The average molecular weight is 321 g/mol. The van der Waals surface area contributed by atoms with Crippen LogP contribution in [0.4, 0.5) is 4.39 Å². The molecule has 0 N–H and O–H groups in total. The Balaban J connectivity index is 2.19. The first kappa shape index (κ1) is 16.0. The average Bonchev–Trinajstić information content (AvgIpc) is 2.54. The summed E-state index contributed by atoms with van der Waals surface area (Å²) in [7, 11) is 1.49. The molecule has 2 aromatic rings. The fourth-order valence-electron chi connectivity index (χ4n) is 1.80. The number of halogens is 2. The van der Waals surface area contributed by atoms with Crippen LogP contribution in [0, 0.1) is 5.82 Å². The van der Waals surface area contributed by atoms with Crippen molar-refractivity contribution in [1.29, 1.82) is 0 Å². The maximum atomic E-state index is 12.9. The molecule has 0 amide bonds. The van der Waals surface area contributed by atoms with Gasteiger partial charge in [0.15, 0.2) is 11.5 Å². The van der Waals surface area contributed by atoms with Crippen molar-refractivity contribution < 1.29 is 18.7 Å². The number of carbonyl (C=O) groups excluding carboxylic acids is 1. The van der Waals surface area contributed by atoms with E-state index in [-0.39, 0.29) is 5.56 Å². The molecule has 0 bridgehead atoms. The topological polar surface area (TPSA) is 35.5 Å². The van der Waals surface area contributed by atoms with Crippen molar-refractivity contribution in [2.24, 2.45) is 0 Å². The summed E-state index contributed by atoms with van der Waals surface area (Å²) in [6.07, 6.45) is 3.63. The number of carbonyl (C=O) groups is 1. The number of methoxy groups -OCH3 is 1. The van der Waals surface area contributed by atoms with Gasteiger partial charge in [-0.3, -0.25) is 0 Å². The van der Waals surface area contributed by atoms with Crippen LogP contribution in [0.5, 0.6) is 11.5 Å². The van der Waals surface area contributed by atoms with Gasteiger partial charge >= 0.3 is 5.97 Å². The molecule has 5 heteroatoms. The Bertz CT molecular complexity index is 681. The van der Waals surface area contributed by atoms with Gasteiger partial charge in [-0.2, -0.15) is 0 Å². The minimum atomic E-state index is -0.581. The lowest BCUT2D eigenvalue weighted by atomic mass is 10.2. The van der Waals surface area contributed by atoms with Crippen molar-refractivity contribution in [2.45, 2.75) is 0 Å². The third-order valence-electron chi connectivity index (χ3n) is 2.87. The summed E-state index contributed by atoms with van der Waals surface area (Å²) < 4.78 is 23.4. The maximum Gasteiger partial charge on any atom is 0.343 e. The van der Waals surface area contributed by atoms with E-state index in [1.807, 2.05) is 6.08 Å². The highest BCUT2D eigenvalue weighted by Crippen LogP contribution is 2.29. The van der Waals surface area contributed by atoms with Crippen molar-refractivity contribution in [1.82, 2.24) is 0 Å². The van der Waals surface area contributed by atoms with Gasteiger partial charge in [0.25, 0.3) is 0 Å². The first-order valence-electron chi connectivity index (χ1n) is 6.52. The van der Waals surface area contributed by atoms with Crippen LogP contribution in [0.1, 0.15) is 15.9 Å². The van der Waals surface area contributed by atoms with Crippen molar-refractivity contribution in [3.8, 4) is 11.5 Å². The van der Waals surface area contributed by atoms with E-state index in [0.717, 1.165) is 5.56 Å². The van der Waals surface area contributed by atoms with Crippen molar-refractivity contribution in [2.75, 3.05) is 13.0 Å². The largest absolute Gasteiger partial charge is 0.493 e. The van der Waals surface area contributed by atoms with Gasteiger partial charge in [0, 0.05) is 5.88 Å². The molecule has 0 aromatic heterocycles. The summed E-state index contributed by atoms with van der Waals surface area (Å²) in [6, 6.07) is 10.3. The number of alkyl halides is 1. The lowest BCUT2D eigenvalue weighted by molar-refractivity contribution is 0.0729. The molecule has 0 atom stereocenters. The highest BCUT2D eigenvalue weighted by Gasteiger charge is 2.12. The first-order valence-corrected chi connectivity index (χ1v) is 7.06. The summed E-state index contributed by atoms with van der Waals surface area (Å²) in [4.78, 5) is 12.0. The SMILES string of the molecule is COc1cc(C=CCCl)ccc1OC(=O)c1ccc(F)cc1. The molecule has 0 heterocycles. The lowest BCUT2D eigenvalue weighted by Gasteiger charge is -2.10. The molecule has 0 aliphatic rings. The van der Waals surface area contributed by atoms with Gasteiger partial charge in [-0.05, 0) is 42.0 Å². The molecule has 0 fully saturated rings. The Labute approximate surface area is 132 Å². The fraction of sp³-hybridized carbons (Fsp3) is 0.118. The molecule has 0 unspecified atom stereocenters. The zero-order valence-electron chi connectivity index (χ0n) is 11.9. The Hall–Kier alpha value is -2.33. The smallest absolute Gasteiger partial charge is 0.343 e. The Kier molecular flexibility index (Phi) is 5.55. The van der Waals surface area contributed by atoms with Crippen LogP contribution in [-0.2, 0) is 0 Å². The van der Waals surface area contributed by atoms with E-state index in [1.54, 1.807) is 24.3 Å². The van der Waals surface area contributed by atoms with E-state index in [9.17, 15) is 9.18 Å². The minimum Gasteiger partial charge on any atom is -0.493 e. The van der Waals surface area contributed by atoms with Crippen LogP contribution in [0.2, 0.25) is 0 Å².